The fourth-order valence-electron chi connectivity index (χ4n) is 2.77. The van der Waals surface area contributed by atoms with Crippen molar-refractivity contribution in [3.63, 3.8) is 0 Å². The summed E-state index contributed by atoms with van der Waals surface area (Å²) < 4.78 is 1.67. The quantitative estimate of drug-likeness (QED) is 0.377. The second kappa shape index (κ2) is 8.48. The van der Waals surface area contributed by atoms with Crippen molar-refractivity contribution in [2.24, 2.45) is 5.10 Å². The molecule has 150 valence electrons. The first-order valence-electron chi connectivity index (χ1n) is 9.40. The molecule has 0 fully saturated rings. The lowest BCUT2D eigenvalue weighted by Crippen LogP contribution is -2.11. The highest BCUT2D eigenvalue weighted by Gasteiger charge is 2.12. The molecule has 0 aliphatic heterocycles. The summed E-state index contributed by atoms with van der Waals surface area (Å²) in [5, 5.41) is 11.9. The predicted molar refractivity (Wildman–Crippen MR) is 116 cm³/mol. The van der Waals surface area contributed by atoms with Crippen molar-refractivity contribution in [1.82, 2.24) is 29.7 Å². The molecule has 4 rings (SSSR count). The number of hydrogen-bond donors (Lipinski definition) is 2. The van der Waals surface area contributed by atoms with Gasteiger partial charge in [0.1, 0.15) is 0 Å². The van der Waals surface area contributed by atoms with Crippen LogP contribution in [0.1, 0.15) is 22.6 Å². The van der Waals surface area contributed by atoms with Gasteiger partial charge in [0, 0.05) is 17.6 Å². The number of nitrogens with zero attached hydrogens (tertiary/aromatic N) is 7. The van der Waals surface area contributed by atoms with Crippen LogP contribution in [0.25, 0.3) is 5.95 Å². The van der Waals surface area contributed by atoms with Crippen LogP contribution in [-0.4, -0.2) is 35.9 Å². The average molecular weight is 399 g/mol. The summed E-state index contributed by atoms with van der Waals surface area (Å²) in [5.74, 6) is 1.06. The number of anilines is 3. The number of nitrogens with one attached hydrogen (secondary N) is 2. The molecule has 0 radical (unpaired) electrons. The van der Waals surface area contributed by atoms with Crippen molar-refractivity contribution in [2.45, 2.75) is 20.8 Å². The Hall–Kier alpha value is -4.14. The number of pyridine rings is 1. The summed E-state index contributed by atoms with van der Waals surface area (Å²) in [6.45, 7) is 5.91. The van der Waals surface area contributed by atoms with E-state index in [4.69, 9.17) is 0 Å². The molecule has 0 unspecified atom stereocenters. The standard InChI is InChI=1S/C21H21N9/c1-14-7-9-17(10-8-14)24-19-25-20(28-23-13-18-6-4-5-11-22-18)27-21(26-19)30-16(3)12-15(2)29-30/h4-13H,1-3H3,(H2,24,25,26,27,28)/b23-13+. The molecule has 0 spiro atoms. The molecule has 30 heavy (non-hydrogen) atoms. The van der Waals surface area contributed by atoms with Gasteiger partial charge in [0.05, 0.1) is 17.6 Å². The average Bonchev–Trinajstić information content (AvgIpc) is 3.08. The van der Waals surface area contributed by atoms with E-state index in [0.29, 0.717) is 11.9 Å². The highest BCUT2D eigenvalue weighted by Crippen LogP contribution is 2.17. The van der Waals surface area contributed by atoms with Crippen LogP contribution >= 0.6 is 0 Å². The number of hydrazone groups is 1. The van der Waals surface area contributed by atoms with Gasteiger partial charge in [-0.2, -0.15) is 25.2 Å². The molecular weight excluding hydrogens is 378 g/mol. The Morgan fingerprint density at radius 1 is 0.933 bits per heavy atom. The summed E-state index contributed by atoms with van der Waals surface area (Å²) >= 11 is 0. The molecule has 0 saturated heterocycles. The Balaban J connectivity index is 1.65. The van der Waals surface area contributed by atoms with Gasteiger partial charge in [-0.1, -0.05) is 23.8 Å². The third kappa shape index (κ3) is 4.64. The molecule has 3 aromatic heterocycles. The Bertz CT molecular complexity index is 1170. The minimum absolute atomic E-state index is 0.286. The summed E-state index contributed by atoms with van der Waals surface area (Å²) in [7, 11) is 0. The van der Waals surface area contributed by atoms with Gasteiger partial charge < -0.3 is 5.32 Å². The van der Waals surface area contributed by atoms with Crippen molar-refractivity contribution < 1.29 is 0 Å². The third-order valence-electron chi connectivity index (χ3n) is 4.18. The predicted octanol–water partition coefficient (Wildman–Crippen LogP) is 3.57. The second-order valence-electron chi connectivity index (χ2n) is 6.74. The maximum atomic E-state index is 4.52. The first kappa shape index (κ1) is 19.2. The summed E-state index contributed by atoms with van der Waals surface area (Å²) in [5.41, 5.74) is 7.41. The van der Waals surface area contributed by atoms with E-state index in [2.05, 4.69) is 40.9 Å². The first-order chi connectivity index (χ1) is 14.6. The molecule has 0 bridgehead atoms. The van der Waals surface area contributed by atoms with Gasteiger partial charge in [-0.15, -0.1) is 0 Å². The third-order valence-corrected chi connectivity index (χ3v) is 4.18. The fraction of sp³-hybridized carbons (Fsp3) is 0.143. The van der Waals surface area contributed by atoms with Crippen LogP contribution in [-0.2, 0) is 0 Å². The number of rotatable bonds is 6. The molecule has 9 heteroatoms. The van der Waals surface area contributed by atoms with Crippen molar-refractivity contribution in [3.8, 4) is 5.95 Å². The highest BCUT2D eigenvalue weighted by atomic mass is 15.4. The minimum atomic E-state index is 0.286. The Morgan fingerprint density at radius 2 is 1.73 bits per heavy atom. The van der Waals surface area contributed by atoms with E-state index in [1.165, 1.54) is 5.56 Å². The van der Waals surface area contributed by atoms with Crippen LogP contribution in [0.15, 0.2) is 59.8 Å². The molecule has 0 atom stereocenters. The summed E-state index contributed by atoms with van der Waals surface area (Å²) in [6, 6.07) is 15.5. The lowest BCUT2D eigenvalue weighted by atomic mass is 10.2. The number of benzene rings is 1. The Morgan fingerprint density at radius 3 is 2.43 bits per heavy atom. The van der Waals surface area contributed by atoms with Crippen LogP contribution in [0.5, 0.6) is 0 Å². The summed E-state index contributed by atoms with van der Waals surface area (Å²) in [4.78, 5) is 17.6. The maximum absolute atomic E-state index is 4.52. The zero-order valence-electron chi connectivity index (χ0n) is 16.9. The second-order valence-corrected chi connectivity index (χ2v) is 6.74. The molecule has 0 aliphatic carbocycles. The zero-order chi connectivity index (χ0) is 20.9. The van der Waals surface area contributed by atoms with Crippen molar-refractivity contribution in [3.05, 3.63) is 77.4 Å². The lowest BCUT2D eigenvalue weighted by molar-refractivity contribution is 0.767. The van der Waals surface area contributed by atoms with E-state index in [9.17, 15) is 0 Å². The lowest BCUT2D eigenvalue weighted by Gasteiger charge is -2.09. The van der Waals surface area contributed by atoms with Crippen molar-refractivity contribution in [2.75, 3.05) is 10.7 Å². The highest BCUT2D eigenvalue weighted by molar-refractivity contribution is 5.77. The number of aromatic nitrogens is 6. The van der Waals surface area contributed by atoms with E-state index >= 15 is 0 Å². The molecule has 0 aliphatic rings. The van der Waals surface area contributed by atoms with Crippen LogP contribution in [0.2, 0.25) is 0 Å². The monoisotopic (exact) mass is 399 g/mol. The van der Waals surface area contributed by atoms with Crippen LogP contribution in [0, 0.1) is 20.8 Å². The fourth-order valence-corrected chi connectivity index (χ4v) is 2.77. The summed E-state index contributed by atoms with van der Waals surface area (Å²) in [6.07, 6.45) is 3.30. The first-order valence-corrected chi connectivity index (χ1v) is 9.40. The Kier molecular flexibility index (Phi) is 5.42. The van der Waals surface area contributed by atoms with E-state index in [0.717, 1.165) is 22.8 Å². The van der Waals surface area contributed by atoms with Gasteiger partial charge in [-0.3, -0.25) is 4.98 Å². The van der Waals surface area contributed by atoms with E-state index in [-0.39, 0.29) is 5.95 Å². The maximum Gasteiger partial charge on any atom is 0.257 e. The van der Waals surface area contributed by atoms with E-state index < -0.39 is 0 Å². The van der Waals surface area contributed by atoms with Gasteiger partial charge in [-0.25, -0.2) is 10.1 Å². The molecule has 1 aromatic carbocycles. The van der Waals surface area contributed by atoms with Gasteiger partial charge in [0.15, 0.2) is 0 Å². The topological polar surface area (TPSA) is 106 Å². The zero-order valence-corrected chi connectivity index (χ0v) is 16.9. The van der Waals surface area contributed by atoms with E-state index in [1.807, 2.05) is 69.3 Å². The molecule has 0 saturated carbocycles. The number of hydrogen-bond acceptors (Lipinski definition) is 8. The van der Waals surface area contributed by atoms with Gasteiger partial charge in [0.2, 0.25) is 11.9 Å². The van der Waals surface area contributed by atoms with Crippen LogP contribution < -0.4 is 10.7 Å². The molecule has 9 nitrogen and oxygen atoms in total. The van der Waals surface area contributed by atoms with Gasteiger partial charge >= 0.3 is 0 Å². The van der Waals surface area contributed by atoms with E-state index in [1.54, 1.807) is 17.1 Å². The Labute approximate surface area is 174 Å². The minimum Gasteiger partial charge on any atom is -0.324 e. The smallest absolute Gasteiger partial charge is 0.257 e. The molecule has 0 amide bonds. The SMILES string of the molecule is Cc1ccc(Nc2nc(N/N=C/c3ccccn3)nc(-n3nc(C)cc3C)n2)cc1. The van der Waals surface area contributed by atoms with Gasteiger partial charge in [0.25, 0.3) is 5.95 Å². The molecule has 4 aromatic rings. The van der Waals surface area contributed by atoms with Crippen molar-refractivity contribution >= 4 is 23.8 Å². The normalized spacial score (nSPS) is 11.0. The number of aryl methyl sites for hydroxylation is 3. The largest absolute Gasteiger partial charge is 0.324 e. The molecular formula is C21H21N9. The van der Waals surface area contributed by atoms with Gasteiger partial charge in [-0.05, 0) is 51.1 Å². The van der Waals surface area contributed by atoms with Crippen molar-refractivity contribution in [1.29, 1.82) is 0 Å². The molecule has 3 heterocycles. The van der Waals surface area contributed by atoms with Crippen LogP contribution in [0.3, 0.4) is 0 Å². The van der Waals surface area contributed by atoms with Crippen LogP contribution in [0.4, 0.5) is 17.6 Å². The molecule has 2 N–H and O–H groups in total.